The van der Waals surface area contributed by atoms with E-state index < -0.39 is 0 Å². The summed E-state index contributed by atoms with van der Waals surface area (Å²) in [7, 11) is 0. The monoisotopic (exact) mass is 139 g/mol. The second-order valence-corrected chi connectivity index (χ2v) is 2.58. The zero-order chi connectivity index (χ0) is 6.97. The summed E-state index contributed by atoms with van der Waals surface area (Å²) < 4.78 is 4.83. The number of fused-ring (bicyclic) bond motifs is 1. The van der Waals surface area contributed by atoms with Gasteiger partial charge >= 0.3 is 6.09 Å². The van der Waals surface area contributed by atoms with Gasteiger partial charge in [0.2, 0.25) is 0 Å². The highest BCUT2D eigenvalue weighted by Crippen LogP contribution is 2.22. The van der Waals surface area contributed by atoms with Gasteiger partial charge in [-0.05, 0) is 6.42 Å². The van der Waals surface area contributed by atoms with Crippen LogP contribution in [0.2, 0.25) is 0 Å². The summed E-state index contributed by atoms with van der Waals surface area (Å²) in [5.74, 6) is 0. The van der Waals surface area contributed by atoms with E-state index in [-0.39, 0.29) is 6.09 Å². The molecule has 2 aliphatic heterocycles. The minimum absolute atomic E-state index is 0.190. The van der Waals surface area contributed by atoms with E-state index in [0.717, 1.165) is 12.8 Å². The lowest BCUT2D eigenvalue weighted by molar-refractivity contribution is 0.0711. The van der Waals surface area contributed by atoms with Crippen molar-refractivity contribution in [1.29, 1.82) is 0 Å². The summed E-state index contributed by atoms with van der Waals surface area (Å²) >= 11 is 0. The van der Waals surface area contributed by atoms with Crippen molar-refractivity contribution in [2.75, 3.05) is 6.61 Å². The van der Waals surface area contributed by atoms with Crippen molar-refractivity contribution >= 4 is 6.09 Å². The fraction of sp³-hybridized carbons (Fsp3) is 0.571. The average Bonchev–Trinajstić information content (AvgIpc) is 2.36. The normalized spacial score (nSPS) is 30.2. The van der Waals surface area contributed by atoms with Gasteiger partial charge in [0.1, 0.15) is 0 Å². The Bertz CT molecular complexity index is 188. The third-order valence-electron chi connectivity index (χ3n) is 1.95. The van der Waals surface area contributed by atoms with Crippen LogP contribution in [0.5, 0.6) is 0 Å². The number of amides is 1. The molecule has 0 aromatic carbocycles. The summed E-state index contributed by atoms with van der Waals surface area (Å²) in [5, 5.41) is 0. The SMILES string of the molecule is O=C1OCCC2CC=CN12. The van der Waals surface area contributed by atoms with Gasteiger partial charge in [-0.1, -0.05) is 6.08 Å². The van der Waals surface area contributed by atoms with Crippen molar-refractivity contribution in [2.45, 2.75) is 18.9 Å². The number of nitrogens with zero attached hydrogens (tertiary/aromatic N) is 1. The van der Waals surface area contributed by atoms with Crippen LogP contribution in [0.4, 0.5) is 4.79 Å². The number of carbonyl (C=O) groups excluding carboxylic acids is 1. The summed E-state index contributed by atoms with van der Waals surface area (Å²) in [6.07, 6.45) is 5.60. The first kappa shape index (κ1) is 5.77. The molecule has 1 fully saturated rings. The molecule has 0 saturated carbocycles. The van der Waals surface area contributed by atoms with E-state index in [2.05, 4.69) is 0 Å². The van der Waals surface area contributed by atoms with Crippen molar-refractivity contribution < 1.29 is 9.53 Å². The van der Waals surface area contributed by atoms with Crippen molar-refractivity contribution in [1.82, 2.24) is 4.90 Å². The Morgan fingerprint density at radius 2 is 2.60 bits per heavy atom. The summed E-state index contributed by atoms with van der Waals surface area (Å²) in [4.78, 5) is 12.6. The summed E-state index contributed by atoms with van der Waals surface area (Å²) in [6, 6.07) is 0.390. The highest BCUT2D eigenvalue weighted by atomic mass is 16.6. The second kappa shape index (κ2) is 2.01. The van der Waals surface area contributed by atoms with E-state index in [1.807, 2.05) is 12.3 Å². The minimum atomic E-state index is -0.190. The maximum atomic E-state index is 10.9. The van der Waals surface area contributed by atoms with E-state index in [0.29, 0.717) is 12.6 Å². The fourth-order valence-electron chi connectivity index (χ4n) is 1.39. The average molecular weight is 139 g/mol. The first-order chi connectivity index (χ1) is 4.88. The smallest absolute Gasteiger partial charge is 0.414 e. The Kier molecular flexibility index (Phi) is 1.16. The maximum absolute atomic E-state index is 10.9. The van der Waals surface area contributed by atoms with Gasteiger partial charge in [-0.2, -0.15) is 0 Å². The molecule has 2 aliphatic rings. The van der Waals surface area contributed by atoms with Gasteiger partial charge in [0.05, 0.1) is 6.61 Å². The molecule has 1 saturated heterocycles. The number of hydrogen-bond acceptors (Lipinski definition) is 2. The number of rotatable bonds is 0. The molecule has 3 heteroatoms. The highest BCUT2D eigenvalue weighted by Gasteiger charge is 2.29. The number of cyclic esters (lactones) is 1. The summed E-state index contributed by atoms with van der Waals surface area (Å²) in [5.41, 5.74) is 0. The van der Waals surface area contributed by atoms with Crippen LogP contribution in [0.15, 0.2) is 12.3 Å². The fourth-order valence-corrected chi connectivity index (χ4v) is 1.39. The first-order valence-electron chi connectivity index (χ1n) is 3.50. The number of hydrogen-bond donors (Lipinski definition) is 0. The Labute approximate surface area is 59.3 Å². The van der Waals surface area contributed by atoms with E-state index in [1.54, 1.807) is 4.90 Å². The molecule has 3 nitrogen and oxygen atoms in total. The van der Waals surface area contributed by atoms with Crippen LogP contribution in [-0.4, -0.2) is 23.6 Å². The molecule has 0 N–H and O–H groups in total. The number of carbonyl (C=O) groups is 1. The van der Waals surface area contributed by atoms with Crippen LogP contribution < -0.4 is 0 Å². The van der Waals surface area contributed by atoms with Crippen LogP contribution in [-0.2, 0) is 4.74 Å². The predicted molar refractivity (Wildman–Crippen MR) is 35.3 cm³/mol. The quantitative estimate of drug-likeness (QED) is 0.503. The molecule has 1 amide bonds. The lowest BCUT2D eigenvalue weighted by atomic mass is 10.1. The van der Waals surface area contributed by atoms with Gasteiger partial charge in [0.25, 0.3) is 0 Å². The molecule has 0 spiro atoms. The van der Waals surface area contributed by atoms with Crippen molar-refractivity contribution in [3.63, 3.8) is 0 Å². The molecular weight excluding hydrogens is 130 g/mol. The van der Waals surface area contributed by atoms with Gasteiger partial charge in [-0.25, -0.2) is 4.79 Å². The topological polar surface area (TPSA) is 29.5 Å². The molecule has 0 aromatic rings. The molecule has 10 heavy (non-hydrogen) atoms. The molecule has 0 aromatic heterocycles. The molecule has 54 valence electrons. The third-order valence-corrected chi connectivity index (χ3v) is 1.95. The van der Waals surface area contributed by atoms with Gasteiger partial charge in [0, 0.05) is 18.7 Å². The maximum Gasteiger partial charge on any atom is 0.414 e. The van der Waals surface area contributed by atoms with Crippen molar-refractivity contribution in [2.24, 2.45) is 0 Å². The Balaban J connectivity index is 2.16. The van der Waals surface area contributed by atoms with E-state index in [4.69, 9.17) is 4.74 Å². The predicted octanol–water partition coefficient (Wildman–Crippen LogP) is 1.11. The molecule has 0 radical (unpaired) electrons. The number of ether oxygens (including phenoxy) is 1. The van der Waals surface area contributed by atoms with Crippen LogP contribution in [0.25, 0.3) is 0 Å². The van der Waals surface area contributed by atoms with E-state index in [9.17, 15) is 4.79 Å². The molecule has 2 rings (SSSR count). The lowest BCUT2D eigenvalue weighted by Crippen LogP contribution is -2.39. The zero-order valence-electron chi connectivity index (χ0n) is 5.62. The molecule has 2 heterocycles. The molecule has 0 bridgehead atoms. The van der Waals surface area contributed by atoms with E-state index in [1.165, 1.54) is 0 Å². The lowest BCUT2D eigenvalue weighted by Gasteiger charge is -2.27. The minimum Gasteiger partial charge on any atom is -0.449 e. The standard InChI is InChI=1S/C7H9NO2/c9-7-8-4-1-2-6(8)3-5-10-7/h1,4,6H,2-3,5H2. The van der Waals surface area contributed by atoms with Gasteiger partial charge < -0.3 is 4.74 Å². The first-order valence-corrected chi connectivity index (χ1v) is 3.50. The van der Waals surface area contributed by atoms with Crippen LogP contribution in [0.1, 0.15) is 12.8 Å². The van der Waals surface area contributed by atoms with Crippen molar-refractivity contribution in [3.8, 4) is 0 Å². The van der Waals surface area contributed by atoms with Crippen molar-refractivity contribution in [3.05, 3.63) is 12.3 Å². The zero-order valence-corrected chi connectivity index (χ0v) is 5.62. The van der Waals surface area contributed by atoms with Crippen LogP contribution >= 0.6 is 0 Å². The van der Waals surface area contributed by atoms with Gasteiger partial charge in [-0.3, -0.25) is 4.90 Å². The van der Waals surface area contributed by atoms with Crippen LogP contribution in [0.3, 0.4) is 0 Å². The molecule has 0 aliphatic carbocycles. The molecule has 1 unspecified atom stereocenters. The Hall–Kier alpha value is -0.990. The Morgan fingerprint density at radius 3 is 3.40 bits per heavy atom. The third kappa shape index (κ3) is 0.701. The van der Waals surface area contributed by atoms with Gasteiger partial charge in [-0.15, -0.1) is 0 Å². The Morgan fingerprint density at radius 1 is 1.70 bits per heavy atom. The summed E-state index contributed by atoms with van der Waals surface area (Å²) in [6.45, 7) is 0.585. The van der Waals surface area contributed by atoms with E-state index >= 15 is 0 Å². The van der Waals surface area contributed by atoms with Gasteiger partial charge in [0.15, 0.2) is 0 Å². The van der Waals surface area contributed by atoms with Crippen LogP contribution in [0, 0.1) is 0 Å². The molecule has 1 atom stereocenters. The largest absolute Gasteiger partial charge is 0.449 e. The molecular formula is C7H9NO2. The highest BCUT2D eigenvalue weighted by molar-refractivity contribution is 5.70. The second-order valence-electron chi connectivity index (χ2n) is 2.58.